The van der Waals surface area contributed by atoms with E-state index in [2.05, 4.69) is 9.97 Å². The molecule has 0 aliphatic heterocycles. The second-order valence-electron chi connectivity index (χ2n) is 4.50. The van der Waals surface area contributed by atoms with Crippen molar-refractivity contribution < 1.29 is 13.3 Å². The van der Waals surface area contributed by atoms with Crippen molar-refractivity contribution >= 4 is 15.7 Å². The Morgan fingerprint density at radius 3 is 2.67 bits per heavy atom. The third-order valence-corrected chi connectivity index (χ3v) is 4.95. The zero-order valence-electron chi connectivity index (χ0n) is 11.5. The lowest BCUT2D eigenvalue weighted by molar-refractivity contribution is -0.385. The van der Waals surface area contributed by atoms with Gasteiger partial charge in [-0.15, -0.1) is 0 Å². The van der Waals surface area contributed by atoms with Gasteiger partial charge in [-0.25, -0.2) is 13.4 Å². The van der Waals surface area contributed by atoms with E-state index in [0.717, 1.165) is 4.31 Å². The van der Waals surface area contributed by atoms with E-state index in [1.165, 1.54) is 38.4 Å². The number of hydrogen-bond donors (Lipinski definition) is 1. The van der Waals surface area contributed by atoms with Crippen molar-refractivity contribution in [2.45, 2.75) is 18.4 Å². The van der Waals surface area contributed by atoms with Gasteiger partial charge in [-0.1, -0.05) is 0 Å². The number of aromatic amines is 1. The van der Waals surface area contributed by atoms with Crippen LogP contribution in [0.4, 0.5) is 5.69 Å². The second-order valence-corrected chi connectivity index (χ2v) is 6.52. The molecule has 8 nitrogen and oxygen atoms in total. The number of benzene rings is 1. The maximum absolute atomic E-state index is 12.5. The molecule has 0 atom stereocenters. The van der Waals surface area contributed by atoms with Crippen LogP contribution in [0.2, 0.25) is 0 Å². The Bertz CT molecular complexity index is 756. The topological polar surface area (TPSA) is 109 Å². The number of aromatic nitrogens is 2. The zero-order chi connectivity index (χ0) is 15.6. The molecule has 0 saturated heterocycles. The summed E-state index contributed by atoms with van der Waals surface area (Å²) in [5.74, 6) is 0.514. The molecule has 0 saturated carbocycles. The number of imidazole rings is 1. The SMILES string of the molecule is Cc1cc([N+](=O)[O-])ccc1S(=O)(=O)N(C)Cc1ncc[nH]1. The van der Waals surface area contributed by atoms with E-state index < -0.39 is 14.9 Å². The first-order valence-electron chi connectivity index (χ1n) is 6.02. The first-order valence-corrected chi connectivity index (χ1v) is 7.46. The Labute approximate surface area is 121 Å². The summed E-state index contributed by atoms with van der Waals surface area (Å²) in [4.78, 5) is 17.0. The molecule has 0 bridgehead atoms. The van der Waals surface area contributed by atoms with Gasteiger partial charge in [0.2, 0.25) is 10.0 Å². The van der Waals surface area contributed by atoms with Crippen LogP contribution in [0.1, 0.15) is 11.4 Å². The third kappa shape index (κ3) is 3.09. The number of nitrogens with zero attached hydrogens (tertiary/aromatic N) is 3. The molecule has 21 heavy (non-hydrogen) atoms. The van der Waals surface area contributed by atoms with Gasteiger partial charge in [0.25, 0.3) is 5.69 Å². The molecule has 0 amide bonds. The van der Waals surface area contributed by atoms with E-state index in [1.807, 2.05) is 0 Å². The largest absolute Gasteiger partial charge is 0.347 e. The number of hydrogen-bond acceptors (Lipinski definition) is 5. The zero-order valence-corrected chi connectivity index (χ0v) is 12.3. The summed E-state index contributed by atoms with van der Waals surface area (Å²) in [6, 6.07) is 3.68. The van der Waals surface area contributed by atoms with Crippen molar-refractivity contribution in [2.24, 2.45) is 0 Å². The molecule has 0 spiro atoms. The molecular weight excluding hydrogens is 296 g/mol. The van der Waals surface area contributed by atoms with Gasteiger partial charge in [0.15, 0.2) is 0 Å². The highest BCUT2D eigenvalue weighted by Gasteiger charge is 2.24. The highest BCUT2D eigenvalue weighted by atomic mass is 32.2. The molecule has 1 aromatic heterocycles. The summed E-state index contributed by atoms with van der Waals surface area (Å²) < 4.78 is 26.1. The van der Waals surface area contributed by atoms with Crippen LogP contribution in [0, 0.1) is 17.0 Å². The lowest BCUT2D eigenvalue weighted by atomic mass is 10.2. The Morgan fingerprint density at radius 1 is 1.43 bits per heavy atom. The summed E-state index contributed by atoms with van der Waals surface area (Å²) in [6.07, 6.45) is 3.14. The van der Waals surface area contributed by atoms with Gasteiger partial charge >= 0.3 is 0 Å². The van der Waals surface area contributed by atoms with Gasteiger partial charge in [-0.2, -0.15) is 4.31 Å². The molecule has 2 aromatic rings. The van der Waals surface area contributed by atoms with E-state index in [1.54, 1.807) is 6.20 Å². The van der Waals surface area contributed by atoms with Crippen LogP contribution in [-0.2, 0) is 16.6 Å². The number of H-pyrrole nitrogens is 1. The molecule has 0 radical (unpaired) electrons. The summed E-state index contributed by atoms with van der Waals surface area (Å²) in [5, 5.41) is 10.7. The van der Waals surface area contributed by atoms with Crippen LogP contribution in [-0.4, -0.2) is 34.7 Å². The standard InChI is InChI=1S/C12H14N4O4S/c1-9-7-10(16(17)18)3-4-11(9)21(19,20)15(2)8-12-13-5-6-14-12/h3-7H,8H2,1-2H3,(H,13,14). The van der Waals surface area contributed by atoms with Crippen LogP contribution in [0.3, 0.4) is 0 Å². The predicted molar refractivity (Wildman–Crippen MR) is 75.1 cm³/mol. The van der Waals surface area contributed by atoms with Gasteiger partial charge in [-0.05, 0) is 18.6 Å². The molecule has 0 unspecified atom stereocenters. The molecule has 0 aliphatic carbocycles. The first-order chi connectivity index (χ1) is 9.82. The Morgan fingerprint density at radius 2 is 2.14 bits per heavy atom. The Hall–Kier alpha value is -2.26. The van der Waals surface area contributed by atoms with E-state index >= 15 is 0 Å². The summed E-state index contributed by atoms with van der Waals surface area (Å²) >= 11 is 0. The maximum Gasteiger partial charge on any atom is 0.269 e. The van der Waals surface area contributed by atoms with Crippen molar-refractivity contribution in [1.82, 2.24) is 14.3 Å². The average Bonchev–Trinajstić information content (AvgIpc) is 2.90. The summed E-state index contributed by atoms with van der Waals surface area (Å²) in [6.45, 7) is 1.62. The Balaban J connectivity index is 2.33. The first kappa shape index (κ1) is 15.1. The number of nitrogens with one attached hydrogen (secondary N) is 1. The van der Waals surface area contributed by atoms with Crippen molar-refractivity contribution in [1.29, 1.82) is 0 Å². The van der Waals surface area contributed by atoms with Crippen LogP contribution in [0.15, 0.2) is 35.5 Å². The highest BCUT2D eigenvalue weighted by molar-refractivity contribution is 7.89. The van der Waals surface area contributed by atoms with Gasteiger partial charge in [0, 0.05) is 31.6 Å². The van der Waals surface area contributed by atoms with Crippen molar-refractivity contribution in [2.75, 3.05) is 7.05 Å². The molecule has 112 valence electrons. The van der Waals surface area contributed by atoms with Crippen molar-refractivity contribution in [3.63, 3.8) is 0 Å². The third-order valence-electron chi connectivity index (χ3n) is 2.98. The van der Waals surface area contributed by atoms with Crippen molar-refractivity contribution in [3.05, 3.63) is 52.1 Å². The minimum atomic E-state index is -3.74. The van der Waals surface area contributed by atoms with Gasteiger partial charge in [0.1, 0.15) is 5.82 Å². The highest BCUT2D eigenvalue weighted by Crippen LogP contribution is 2.24. The van der Waals surface area contributed by atoms with E-state index in [0.29, 0.717) is 11.4 Å². The fourth-order valence-electron chi connectivity index (χ4n) is 1.88. The molecule has 0 aliphatic rings. The molecule has 1 N–H and O–H groups in total. The number of aryl methyl sites for hydroxylation is 1. The maximum atomic E-state index is 12.5. The van der Waals surface area contributed by atoms with Crippen LogP contribution in [0.5, 0.6) is 0 Å². The summed E-state index contributed by atoms with van der Waals surface area (Å²) in [5.41, 5.74) is 0.190. The number of non-ortho nitro benzene ring substituents is 1. The second kappa shape index (κ2) is 5.62. The monoisotopic (exact) mass is 310 g/mol. The normalized spacial score (nSPS) is 11.8. The lowest BCUT2D eigenvalue weighted by Gasteiger charge is -2.17. The van der Waals surface area contributed by atoms with Crippen molar-refractivity contribution in [3.8, 4) is 0 Å². The number of sulfonamides is 1. The molecule has 0 fully saturated rings. The number of nitro groups is 1. The smallest absolute Gasteiger partial charge is 0.269 e. The van der Waals surface area contributed by atoms with Crippen LogP contribution in [0.25, 0.3) is 0 Å². The molecule has 1 heterocycles. The Kier molecular flexibility index (Phi) is 4.05. The lowest BCUT2D eigenvalue weighted by Crippen LogP contribution is -2.27. The predicted octanol–water partition coefficient (Wildman–Crippen LogP) is 1.45. The van der Waals surface area contributed by atoms with Crippen LogP contribution >= 0.6 is 0 Å². The molecule has 1 aromatic carbocycles. The molecule has 9 heteroatoms. The fraction of sp³-hybridized carbons (Fsp3) is 0.250. The molecule has 2 rings (SSSR count). The van der Waals surface area contributed by atoms with Gasteiger partial charge in [0.05, 0.1) is 16.4 Å². The van der Waals surface area contributed by atoms with E-state index in [4.69, 9.17) is 0 Å². The number of rotatable bonds is 5. The van der Waals surface area contributed by atoms with Crippen LogP contribution < -0.4 is 0 Å². The minimum absolute atomic E-state index is 0.0437. The quantitative estimate of drug-likeness (QED) is 0.664. The van der Waals surface area contributed by atoms with E-state index in [-0.39, 0.29) is 17.1 Å². The average molecular weight is 310 g/mol. The van der Waals surface area contributed by atoms with Gasteiger partial charge in [-0.3, -0.25) is 10.1 Å². The molecular formula is C12H14N4O4S. The fourth-order valence-corrected chi connectivity index (χ4v) is 3.22. The van der Waals surface area contributed by atoms with Gasteiger partial charge < -0.3 is 4.98 Å². The number of nitro benzene ring substituents is 1. The summed E-state index contributed by atoms with van der Waals surface area (Å²) in [7, 11) is -2.31. The van der Waals surface area contributed by atoms with E-state index in [9.17, 15) is 18.5 Å². The minimum Gasteiger partial charge on any atom is -0.347 e.